The number of nitrogens with one attached hydrogen (secondary N) is 2. The lowest BCUT2D eigenvalue weighted by molar-refractivity contribution is 0.978. The van der Waals surface area contributed by atoms with Crippen LogP contribution >= 0.6 is 11.8 Å². The van der Waals surface area contributed by atoms with Crippen LogP contribution in [-0.2, 0) is 12.8 Å². The molecule has 0 aliphatic carbocycles. The second kappa shape index (κ2) is 6.43. The lowest BCUT2D eigenvalue weighted by atomic mass is 10.1. The molecule has 1 aromatic carbocycles. The van der Waals surface area contributed by atoms with Crippen molar-refractivity contribution in [3.8, 4) is 0 Å². The fourth-order valence-electron chi connectivity index (χ4n) is 1.88. The molecule has 4 N–H and O–H groups in total. The number of nitrogens with two attached hydrogens (primary N) is 1. The Kier molecular flexibility index (Phi) is 4.63. The Bertz CT molecular complexity index is 545. The molecule has 0 aliphatic heterocycles. The quantitative estimate of drug-likeness (QED) is 0.579. The predicted octanol–water partition coefficient (Wildman–Crippen LogP) is 2.48. The van der Waals surface area contributed by atoms with Crippen LogP contribution in [0.2, 0.25) is 0 Å². The topological polar surface area (TPSA) is 78.6 Å². The van der Waals surface area contributed by atoms with Gasteiger partial charge in [0.2, 0.25) is 0 Å². The highest BCUT2D eigenvalue weighted by atomic mass is 32.2. The van der Waals surface area contributed by atoms with E-state index < -0.39 is 0 Å². The van der Waals surface area contributed by atoms with Crippen molar-refractivity contribution in [2.24, 2.45) is 5.73 Å². The number of nitrogens with zero attached hydrogens (tertiary/aromatic N) is 1. The lowest BCUT2D eigenvalue weighted by Crippen LogP contribution is -2.05. The molecule has 0 spiro atoms. The third-order valence-electron chi connectivity index (χ3n) is 2.82. The van der Waals surface area contributed by atoms with Crippen LogP contribution in [0.1, 0.15) is 22.5 Å². The van der Waals surface area contributed by atoms with Crippen molar-refractivity contribution in [1.29, 1.82) is 5.41 Å². The summed E-state index contributed by atoms with van der Waals surface area (Å²) in [4.78, 5) is 0. The third kappa shape index (κ3) is 4.44. The Hall–Kier alpha value is -1.75. The molecular weight excluding hydrogens is 256 g/mol. The van der Waals surface area contributed by atoms with Gasteiger partial charge in [-0.25, -0.2) is 0 Å². The molecule has 1 aromatic heterocycles. The minimum absolute atomic E-state index is 0.186. The number of aromatic nitrogens is 2. The van der Waals surface area contributed by atoms with E-state index in [1.807, 2.05) is 6.92 Å². The van der Waals surface area contributed by atoms with Crippen molar-refractivity contribution in [2.75, 3.05) is 5.75 Å². The lowest BCUT2D eigenvalue weighted by Gasteiger charge is -2.03. The van der Waals surface area contributed by atoms with Crippen LogP contribution in [0.3, 0.4) is 0 Å². The van der Waals surface area contributed by atoms with Crippen LogP contribution in [0.4, 0.5) is 0 Å². The molecule has 0 saturated carbocycles. The van der Waals surface area contributed by atoms with E-state index in [1.165, 1.54) is 22.9 Å². The second-order valence-corrected chi connectivity index (χ2v) is 5.64. The van der Waals surface area contributed by atoms with E-state index >= 15 is 0 Å². The van der Waals surface area contributed by atoms with E-state index in [0.717, 1.165) is 30.0 Å². The summed E-state index contributed by atoms with van der Waals surface area (Å²) in [5, 5.41) is 14.5. The van der Waals surface area contributed by atoms with Crippen LogP contribution in [0.5, 0.6) is 0 Å². The standard InChI is InChI=1S/C14H18N4S/c1-10-8-13(18-17-10)9-12-4-2-11(3-5-12)6-7-19-14(15)16/h2-5,8H,6-7,9H2,1H3,(H3,15,16)(H,17,18). The molecule has 0 fully saturated rings. The minimum Gasteiger partial charge on any atom is -0.379 e. The highest BCUT2D eigenvalue weighted by Crippen LogP contribution is 2.12. The average molecular weight is 274 g/mol. The summed E-state index contributed by atoms with van der Waals surface area (Å²) in [7, 11) is 0. The summed E-state index contributed by atoms with van der Waals surface area (Å²) in [5.41, 5.74) is 10.00. The minimum atomic E-state index is 0.186. The van der Waals surface area contributed by atoms with E-state index in [1.54, 1.807) is 0 Å². The summed E-state index contributed by atoms with van der Waals surface area (Å²) >= 11 is 1.38. The fourth-order valence-corrected chi connectivity index (χ4v) is 2.43. The Morgan fingerprint density at radius 2 is 2.00 bits per heavy atom. The molecule has 0 radical (unpaired) electrons. The molecule has 0 unspecified atom stereocenters. The van der Waals surface area contributed by atoms with Crippen LogP contribution in [-0.4, -0.2) is 21.1 Å². The van der Waals surface area contributed by atoms with Gasteiger partial charge in [0.25, 0.3) is 0 Å². The number of hydrogen-bond acceptors (Lipinski definition) is 3. The van der Waals surface area contributed by atoms with Gasteiger partial charge in [0.15, 0.2) is 5.17 Å². The number of amidine groups is 1. The molecule has 0 atom stereocenters. The van der Waals surface area contributed by atoms with Gasteiger partial charge >= 0.3 is 0 Å². The molecule has 2 aromatic rings. The molecule has 5 heteroatoms. The van der Waals surface area contributed by atoms with E-state index in [-0.39, 0.29) is 5.17 Å². The van der Waals surface area contributed by atoms with E-state index in [0.29, 0.717) is 0 Å². The van der Waals surface area contributed by atoms with Crippen molar-refractivity contribution in [3.05, 3.63) is 52.8 Å². The first kappa shape index (κ1) is 13.7. The maximum Gasteiger partial charge on any atom is 0.151 e. The zero-order chi connectivity index (χ0) is 13.7. The highest BCUT2D eigenvalue weighted by molar-refractivity contribution is 8.13. The van der Waals surface area contributed by atoms with Gasteiger partial charge < -0.3 is 5.73 Å². The first-order chi connectivity index (χ1) is 9.13. The SMILES string of the molecule is Cc1cc(Cc2ccc(CCSC(=N)N)cc2)n[nH]1. The average Bonchev–Trinajstić information content (AvgIpc) is 2.77. The molecule has 1 heterocycles. The maximum atomic E-state index is 7.15. The first-order valence-corrected chi connectivity index (χ1v) is 7.17. The van der Waals surface area contributed by atoms with Gasteiger partial charge in [0.05, 0.1) is 5.69 Å². The van der Waals surface area contributed by atoms with Crippen molar-refractivity contribution < 1.29 is 0 Å². The van der Waals surface area contributed by atoms with Crippen LogP contribution in [0.15, 0.2) is 30.3 Å². The molecule has 19 heavy (non-hydrogen) atoms. The van der Waals surface area contributed by atoms with Crippen LogP contribution in [0, 0.1) is 12.3 Å². The van der Waals surface area contributed by atoms with Crippen molar-refractivity contribution in [2.45, 2.75) is 19.8 Å². The summed E-state index contributed by atoms with van der Waals surface area (Å²) in [6, 6.07) is 10.6. The zero-order valence-corrected chi connectivity index (χ0v) is 11.8. The van der Waals surface area contributed by atoms with Gasteiger partial charge in [0.1, 0.15) is 0 Å². The van der Waals surface area contributed by atoms with E-state index in [9.17, 15) is 0 Å². The third-order valence-corrected chi connectivity index (χ3v) is 3.53. The normalized spacial score (nSPS) is 10.6. The van der Waals surface area contributed by atoms with Crippen LogP contribution < -0.4 is 5.73 Å². The van der Waals surface area contributed by atoms with E-state index in [2.05, 4.69) is 40.5 Å². The number of aryl methyl sites for hydroxylation is 2. The van der Waals surface area contributed by atoms with Gasteiger partial charge in [-0.2, -0.15) is 5.10 Å². The molecule has 0 saturated heterocycles. The van der Waals surface area contributed by atoms with Gasteiger partial charge in [-0.1, -0.05) is 36.0 Å². The van der Waals surface area contributed by atoms with Crippen molar-refractivity contribution >= 4 is 16.9 Å². The number of hydrogen-bond donors (Lipinski definition) is 3. The molecule has 0 bridgehead atoms. The number of H-pyrrole nitrogens is 1. The van der Waals surface area contributed by atoms with Gasteiger partial charge in [-0.05, 0) is 30.5 Å². The Labute approximate surface area is 117 Å². The fraction of sp³-hybridized carbons (Fsp3) is 0.286. The Balaban J connectivity index is 1.89. The summed E-state index contributed by atoms with van der Waals surface area (Å²) in [6.45, 7) is 2.01. The molecule has 100 valence electrons. The largest absolute Gasteiger partial charge is 0.379 e. The molecule has 4 nitrogen and oxygen atoms in total. The van der Waals surface area contributed by atoms with Crippen molar-refractivity contribution in [3.63, 3.8) is 0 Å². The van der Waals surface area contributed by atoms with Crippen LogP contribution in [0.25, 0.3) is 0 Å². The van der Waals surface area contributed by atoms with E-state index in [4.69, 9.17) is 11.1 Å². The summed E-state index contributed by atoms with van der Waals surface area (Å²) in [5.74, 6) is 0.854. The highest BCUT2D eigenvalue weighted by Gasteiger charge is 2.01. The van der Waals surface area contributed by atoms with Gasteiger partial charge in [-0.15, -0.1) is 0 Å². The molecule has 2 rings (SSSR count). The molecular formula is C14H18N4S. The summed E-state index contributed by atoms with van der Waals surface area (Å²) < 4.78 is 0. The maximum absolute atomic E-state index is 7.15. The molecule has 0 aliphatic rings. The number of rotatable bonds is 5. The second-order valence-electron chi connectivity index (χ2n) is 4.50. The number of aromatic amines is 1. The summed E-state index contributed by atoms with van der Waals surface area (Å²) in [6.07, 6.45) is 1.79. The number of benzene rings is 1. The number of thioether (sulfide) groups is 1. The van der Waals surface area contributed by atoms with Crippen molar-refractivity contribution in [1.82, 2.24) is 10.2 Å². The first-order valence-electron chi connectivity index (χ1n) is 6.19. The Morgan fingerprint density at radius 3 is 2.58 bits per heavy atom. The van der Waals surface area contributed by atoms with Gasteiger partial charge in [-0.3, -0.25) is 10.5 Å². The Morgan fingerprint density at radius 1 is 1.32 bits per heavy atom. The monoisotopic (exact) mass is 274 g/mol. The zero-order valence-electron chi connectivity index (χ0n) is 10.9. The molecule has 0 amide bonds. The smallest absolute Gasteiger partial charge is 0.151 e. The predicted molar refractivity (Wildman–Crippen MR) is 80.6 cm³/mol. The van der Waals surface area contributed by atoms with Gasteiger partial charge in [0, 0.05) is 17.9 Å².